The minimum absolute atomic E-state index is 0.0355. The van der Waals surface area contributed by atoms with Gasteiger partial charge in [0, 0.05) is 107 Å². The van der Waals surface area contributed by atoms with Crippen LogP contribution in [0.4, 0.5) is 5.82 Å². The molecule has 0 bridgehead atoms. The summed E-state index contributed by atoms with van der Waals surface area (Å²) >= 11 is 1.79. The van der Waals surface area contributed by atoms with E-state index in [0.29, 0.717) is 42.7 Å². The number of benzene rings is 1. The highest BCUT2D eigenvalue weighted by Crippen LogP contribution is 2.35. The number of carbonyl (C=O) groups excluding carboxylic acids is 5. The Bertz CT molecular complexity index is 2120. The Hall–Kier alpha value is -5.19. The monoisotopic (exact) mass is 890 g/mol. The first-order valence-electron chi connectivity index (χ1n) is 23.4. The number of hydrogen-bond donors (Lipinski definition) is 2. The van der Waals surface area contributed by atoms with Crippen molar-refractivity contribution in [2.75, 3.05) is 76.1 Å². The van der Waals surface area contributed by atoms with Crippen LogP contribution in [0.2, 0.25) is 0 Å². The third kappa shape index (κ3) is 11.7. The number of anilines is 1. The van der Waals surface area contributed by atoms with Crippen LogP contribution in [0.5, 0.6) is 0 Å². The van der Waals surface area contributed by atoms with Gasteiger partial charge in [0.1, 0.15) is 6.04 Å². The number of likely N-dealkylation sites (tertiary alicyclic amines) is 1. The number of imide groups is 1. The van der Waals surface area contributed by atoms with Gasteiger partial charge in [0.05, 0.1) is 0 Å². The van der Waals surface area contributed by atoms with Gasteiger partial charge in [-0.1, -0.05) is 25.0 Å². The molecule has 340 valence electrons. The fourth-order valence-corrected chi connectivity index (χ4v) is 10.9. The van der Waals surface area contributed by atoms with E-state index in [0.717, 1.165) is 144 Å². The number of thioether (sulfide) groups is 1. The molecule has 0 spiro atoms. The maximum Gasteiger partial charge on any atom is 0.274 e. The first-order chi connectivity index (χ1) is 31.3. The number of nitrogens with zero attached hydrogens (tertiary/aromatic N) is 8. The lowest BCUT2D eigenvalue weighted by atomic mass is 9.91. The molecule has 2 N–H and O–H groups in total. The Kier molecular flexibility index (Phi) is 15.7. The highest BCUT2D eigenvalue weighted by Gasteiger charge is 2.40. The maximum absolute atomic E-state index is 13.3. The normalized spacial score (nSPS) is 20.5. The second-order valence-corrected chi connectivity index (χ2v) is 18.9. The number of piperazine rings is 1. The number of fused-ring (bicyclic) bond motifs is 1. The average Bonchev–Trinajstić information content (AvgIpc) is 3.67. The summed E-state index contributed by atoms with van der Waals surface area (Å²) in [5.74, 6) is 1.52. The molecule has 8 rings (SSSR count). The minimum Gasteiger partial charge on any atom is -0.355 e. The third-order valence-electron chi connectivity index (χ3n) is 13.6. The molecule has 4 fully saturated rings. The predicted molar refractivity (Wildman–Crippen MR) is 246 cm³/mol. The van der Waals surface area contributed by atoms with E-state index in [-0.39, 0.29) is 36.0 Å². The Morgan fingerprint density at radius 1 is 0.844 bits per heavy atom. The van der Waals surface area contributed by atoms with Crippen LogP contribution in [-0.4, -0.2) is 148 Å². The summed E-state index contributed by atoms with van der Waals surface area (Å²) in [4.78, 5) is 79.0. The van der Waals surface area contributed by atoms with Gasteiger partial charge >= 0.3 is 0 Å². The molecule has 0 saturated carbocycles. The standard InChI is InChI=1S/C48H62N10O5S/c59-44(15-11-36-8-6-21-49-33-36)50-22-2-1-7-35-17-24-57(25-18-35)48(63)40-12-14-43(53-52-40)56-26-19-37(20-27-56)55-30-28-54(29-31-55)23-3-4-32-64-42-10-5-9-38-39(42)34-58(47(38)62)41-13-16-45(60)51-46(41)61/h5-6,8-12,14-15,21,33,35,37,41H,1-4,7,13,16-20,22-32,34H2,(H,50,59)(H,51,60,61)/b15-11+. The molecule has 3 aromatic rings. The van der Waals surface area contributed by atoms with Crippen LogP contribution in [0, 0.1) is 5.92 Å². The van der Waals surface area contributed by atoms with Crippen molar-refractivity contribution >= 4 is 53.2 Å². The van der Waals surface area contributed by atoms with E-state index in [1.807, 2.05) is 41.3 Å². The van der Waals surface area contributed by atoms with Crippen LogP contribution >= 0.6 is 11.8 Å². The molecule has 1 unspecified atom stereocenters. The number of hydrogen-bond acceptors (Lipinski definition) is 12. The van der Waals surface area contributed by atoms with Gasteiger partial charge in [-0.3, -0.25) is 39.2 Å². The van der Waals surface area contributed by atoms with Crippen molar-refractivity contribution in [2.24, 2.45) is 5.92 Å². The van der Waals surface area contributed by atoms with E-state index in [2.05, 4.69) is 46.6 Å². The van der Waals surface area contributed by atoms with Gasteiger partial charge in [0.2, 0.25) is 17.7 Å². The van der Waals surface area contributed by atoms with Crippen LogP contribution in [0.3, 0.4) is 0 Å². The highest BCUT2D eigenvalue weighted by atomic mass is 32.2. The summed E-state index contributed by atoms with van der Waals surface area (Å²) in [5, 5.41) is 14.3. The lowest BCUT2D eigenvalue weighted by Gasteiger charge is -2.43. The van der Waals surface area contributed by atoms with Gasteiger partial charge < -0.3 is 24.9 Å². The van der Waals surface area contributed by atoms with Crippen molar-refractivity contribution in [1.29, 1.82) is 0 Å². The van der Waals surface area contributed by atoms with E-state index in [1.165, 1.54) is 0 Å². The Labute approximate surface area is 380 Å². The van der Waals surface area contributed by atoms with Crippen LogP contribution in [0.25, 0.3) is 6.08 Å². The molecular formula is C48H62N10O5S. The molecule has 0 radical (unpaired) electrons. The number of rotatable bonds is 17. The largest absolute Gasteiger partial charge is 0.355 e. The van der Waals surface area contributed by atoms with Crippen molar-refractivity contribution < 1.29 is 24.0 Å². The minimum atomic E-state index is -0.590. The summed E-state index contributed by atoms with van der Waals surface area (Å²) in [6, 6.07) is 13.4. The van der Waals surface area contributed by atoms with Crippen LogP contribution in [0.1, 0.15) is 103 Å². The average molecular weight is 891 g/mol. The van der Waals surface area contributed by atoms with Crippen molar-refractivity contribution in [3.8, 4) is 0 Å². The third-order valence-corrected chi connectivity index (χ3v) is 14.8. The maximum atomic E-state index is 13.3. The van der Waals surface area contributed by atoms with Crippen molar-refractivity contribution in [1.82, 2.24) is 45.4 Å². The summed E-state index contributed by atoms with van der Waals surface area (Å²) in [6.45, 7) is 9.86. The molecule has 4 saturated heterocycles. The molecule has 1 atom stereocenters. The van der Waals surface area contributed by atoms with Gasteiger partial charge in [-0.2, -0.15) is 0 Å². The number of amides is 5. The first-order valence-corrected chi connectivity index (χ1v) is 24.4. The van der Waals surface area contributed by atoms with E-state index in [9.17, 15) is 24.0 Å². The molecule has 64 heavy (non-hydrogen) atoms. The zero-order valence-electron chi connectivity index (χ0n) is 36.9. The summed E-state index contributed by atoms with van der Waals surface area (Å²) in [6.07, 6.45) is 16.9. The van der Waals surface area contributed by atoms with Crippen LogP contribution in [-0.2, 0) is 20.9 Å². The van der Waals surface area contributed by atoms with Crippen molar-refractivity contribution in [2.45, 2.75) is 94.2 Å². The van der Waals surface area contributed by atoms with Crippen LogP contribution < -0.4 is 15.5 Å². The Balaban J connectivity index is 0.670. The molecule has 15 nitrogen and oxygen atoms in total. The smallest absolute Gasteiger partial charge is 0.274 e. The van der Waals surface area contributed by atoms with Crippen molar-refractivity contribution in [3.05, 3.63) is 83.3 Å². The molecule has 2 aromatic heterocycles. The molecule has 7 heterocycles. The molecule has 5 aliphatic rings. The number of aromatic nitrogens is 3. The van der Waals surface area contributed by atoms with Gasteiger partial charge in [-0.25, -0.2) is 0 Å². The second-order valence-electron chi connectivity index (χ2n) is 17.8. The quantitative estimate of drug-likeness (QED) is 0.0837. The highest BCUT2D eigenvalue weighted by molar-refractivity contribution is 7.99. The van der Waals surface area contributed by atoms with E-state index in [1.54, 1.807) is 41.2 Å². The van der Waals surface area contributed by atoms with E-state index in [4.69, 9.17) is 0 Å². The summed E-state index contributed by atoms with van der Waals surface area (Å²) in [7, 11) is 0. The zero-order chi connectivity index (χ0) is 44.3. The first kappa shape index (κ1) is 45.4. The topological polar surface area (TPSA) is 164 Å². The number of piperidine rings is 3. The Morgan fingerprint density at radius 2 is 1.67 bits per heavy atom. The molecule has 0 aliphatic carbocycles. The SMILES string of the molecule is O=C(/C=C/c1cccnc1)NCCCCC1CCN(C(=O)c2ccc(N3CCC(N4CCN(CCCCSc5cccc6c5CN(C5CCC(=O)NC5=O)C6=O)CC4)CC3)nn2)CC1. The Morgan fingerprint density at radius 3 is 2.42 bits per heavy atom. The van der Waals surface area contributed by atoms with E-state index >= 15 is 0 Å². The van der Waals surface area contributed by atoms with Gasteiger partial charge in [-0.05, 0) is 117 Å². The summed E-state index contributed by atoms with van der Waals surface area (Å²) < 4.78 is 0. The van der Waals surface area contributed by atoms with Gasteiger partial charge in [0.15, 0.2) is 11.5 Å². The molecular weight excluding hydrogens is 829 g/mol. The van der Waals surface area contributed by atoms with E-state index < -0.39 is 6.04 Å². The summed E-state index contributed by atoms with van der Waals surface area (Å²) in [5.41, 5.74) is 2.99. The molecule has 5 aliphatic heterocycles. The predicted octanol–water partition coefficient (Wildman–Crippen LogP) is 4.64. The fraction of sp³-hybridized carbons (Fsp3) is 0.542. The second kappa shape index (κ2) is 22.1. The number of nitrogens with one attached hydrogen (secondary N) is 2. The van der Waals surface area contributed by atoms with Gasteiger partial charge in [0.25, 0.3) is 11.8 Å². The molecule has 16 heteroatoms. The fourth-order valence-electron chi connectivity index (χ4n) is 9.79. The lowest BCUT2D eigenvalue weighted by molar-refractivity contribution is -0.137. The number of unbranched alkanes of at least 4 members (excludes halogenated alkanes) is 2. The van der Waals surface area contributed by atoms with Gasteiger partial charge in [-0.15, -0.1) is 22.0 Å². The molecule has 1 aromatic carbocycles. The zero-order valence-corrected chi connectivity index (χ0v) is 37.7. The van der Waals surface area contributed by atoms with Crippen LogP contribution in [0.15, 0.2) is 65.8 Å². The molecule has 5 amide bonds. The number of carbonyl (C=O) groups is 5. The number of pyridine rings is 1. The lowest BCUT2D eigenvalue weighted by Crippen LogP contribution is -2.53. The van der Waals surface area contributed by atoms with Crippen molar-refractivity contribution in [3.63, 3.8) is 0 Å².